The molecule has 1 fully saturated rings. The SMILES string of the molecule is O=C1c2ccccc2C2(O)C([N+](=O)[O-])=C3N(Cc4cnc(Cl)s4)CCN3C12O. The van der Waals surface area contributed by atoms with Gasteiger partial charge in [0.1, 0.15) is 0 Å². The van der Waals surface area contributed by atoms with Crippen molar-refractivity contribution >= 4 is 28.7 Å². The number of thiazole rings is 1. The third-order valence-electron chi connectivity index (χ3n) is 5.53. The molecule has 0 spiro atoms. The number of Topliss-reactive ketones (excluding diaryl/α,β-unsaturated/α-hetero) is 1. The standard InChI is InChI=1S/C17H13ClN4O5S/c18-15-19-7-9(28-15)8-20-5-6-21-14(20)12(22(26)27)16(24)11-4-2-1-3-10(11)13(23)17(16,21)25/h1-4,7,24-25H,5-6,8H2. The molecular weight excluding hydrogens is 408 g/mol. The lowest BCUT2D eigenvalue weighted by Gasteiger charge is -2.34. The number of fused-ring (bicyclic) bond motifs is 5. The first-order valence-corrected chi connectivity index (χ1v) is 9.60. The second kappa shape index (κ2) is 5.51. The van der Waals surface area contributed by atoms with E-state index < -0.39 is 27.7 Å². The van der Waals surface area contributed by atoms with Gasteiger partial charge in [0.15, 0.2) is 10.3 Å². The van der Waals surface area contributed by atoms with Gasteiger partial charge in [0.05, 0.1) is 11.5 Å². The van der Waals surface area contributed by atoms with Crippen LogP contribution in [0, 0.1) is 10.1 Å². The zero-order valence-corrected chi connectivity index (χ0v) is 15.8. The predicted octanol–water partition coefficient (Wildman–Crippen LogP) is 1.15. The van der Waals surface area contributed by atoms with Crippen LogP contribution in [0.1, 0.15) is 20.8 Å². The number of aromatic nitrogens is 1. The summed E-state index contributed by atoms with van der Waals surface area (Å²) < 4.78 is 0.346. The number of hydrogen-bond donors (Lipinski definition) is 2. The molecule has 2 unspecified atom stereocenters. The summed E-state index contributed by atoms with van der Waals surface area (Å²) in [5, 5.41) is 34.9. The van der Waals surface area contributed by atoms with Crippen LogP contribution in [-0.2, 0) is 12.1 Å². The monoisotopic (exact) mass is 420 g/mol. The average molecular weight is 421 g/mol. The van der Waals surface area contributed by atoms with E-state index in [-0.39, 0.29) is 30.0 Å². The number of carbonyl (C=O) groups is 1. The van der Waals surface area contributed by atoms with Crippen molar-refractivity contribution < 1.29 is 19.9 Å². The van der Waals surface area contributed by atoms with Crippen LogP contribution in [0.5, 0.6) is 0 Å². The minimum Gasteiger partial charge on any atom is -0.370 e. The van der Waals surface area contributed by atoms with Gasteiger partial charge in [0, 0.05) is 35.3 Å². The van der Waals surface area contributed by atoms with E-state index in [4.69, 9.17) is 11.6 Å². The summed E-state index contributed by atoms with van der Waals surface area (Å²) in [6.07, 6.45) is 1.57. The third kappa shape index (κ3) is 1.88. The van der Waals surface area contributed by atoms with Gasteiger partial charge in [-0.15, -0.1) is 11.3 Å². The molecule has 0 bridgehead atoms. The molecule has 1 aromatic carbocycles. The first kappa shape index (κ1) is 17.6. The Bertz CT molecular complexity index is 1090. The van der Waals surface area contributed by atoms with Crippen molar-refractivity contribution in [3.8, 4) is 0 Å². The van der Waals surface area contributed by atoms with Crippen LogP contribution in [0.3, 0.4) is 0 Å². The number of halogens is 1. The second-order valence-corrected chi connectivity index (χ2v) is 8.54. The van der Waals surface area contributed by atoms with Gasteiger partial charge in [-0.2, -0.15) is 0 Å². The Morgan fingerprint density at radius 2 is 2.07 bits per heavy atom. The van der Waals surface area contributed by atoms with Crippen LogP contribution in [0.4, 0.5) is 0 Å². The predicted molar refractivity (Wildman–Crippen MR) is 97.9 cm³/mol. The van der Waals surface area contributed by atoms with E-state index in [1.54, 1.807) is 23.2 Å². The smallest absolute Gasteiger partial charge is 0.327 e. The Morgan fingerprint density at radius 3 is 2.75 bits per heavy atom. The second-order valence-electron chi connectivity index (χ2n) is 6.84. The highest BCUT2D eigenvalue weighted by Gasteiger charge is 2.78. The molecule has 9 nitrogen and oxygen atoms in total. The number of carbonyl (C=O) groups excluding carboxylic acids is 1. The summed E-state index contributed by atoms with van der Waals surface area (Å²) in [5.41, 5.74) is -5.38. The fourth-order valence-corrected chi connectivity index (χ4v) is 5.41. The highest BCUT2D eigenvalue weighted by Crippen LogP contribution is 2.58. The van der Waals surface area contributed by atoms with E-state index in [1.165, 1.54) is 28.4 Å². The van der Waals surface area contributed by atoms with E-state index in [1.807, 2.05) is 0 Å². The number of hydrogen-bond acceptors (Lipinski definition) is 9. The Hall–Kier alpha value is -2.53. The van der Waals surface area contributed by atoms with Crippen LogP contribution in [0.2, 0.25) is 4.47 Å². The number of nitro groups is 1. The fraction of sp³-hybridized carbons (Fsp3) is 0.294. The van der Waals surface area contributed by atoms with Gasteiger partial charge in [0.2, 0.25) is 17.1 Å². The highest BCUT2D eigenvalue weighted by atomic mass is 35.5. The normalized spacial score (nSPS) is 28.0. The number of benzene rings is 1. The van der Waals surface area contributed by atoms with Crippen molar-refractivity contribution in [2.45, 2.75) is 17.9 Å². The average Bonchev–Trinajstić information content (AvgIpc) is 3.34. The van der Waals surface area contributed by atoms with Gasteiger partial charge >= 0.3 is 5.70 Å². The van der Waals surface area contributed by atoms with Crippen LogP contribution < -0.4 is 0 Å². The minimum atomic E-state index is -2.45. The molecule has 2 aromatic rings. The number of nitrogens with zero attached hydrogens (tertiary/aromatic N) is 4. The van der Waals surface area contributed by atoms with Gasteiger partial charge in [-0.1, -0.05) is 35.9 Å². The van der Waals surface area contributed by atoms with Crippen LogP contribution in [-0.4, -0.2) is 54.5 Å². The zero-order chi connectivity index (χ0) is 19.8. The lowest BCUT2D eigenvalue weighted by Crippen LogP contribution is -2.59. The Labute approximate surface area is 167 Å². The molecule has 2 aliphatic heterocycles. The van der Waals surface area contributed by atoms with E-state index in [9.17, 15) is 25.1 Å². The number of ketones is 1. The van der Waals surface area contributed by atoms with Crippen LogP contribution in [0.15, 0.2) is 42.0 Å². The molecule has 3 aliphatic rings. The maximum atomic E-state index is 13.0. The Kier molecular flexibility index (Phi) is 3.45. The van der Waals surface area contributed by atoms with Crippen LogP contribution in [0.25, 0.3) is 0 Å². The summed E-state index contributed by atoms with van der Waals surface area (Å²) in [6.45, 7) is 0.748. The maximum Gasteiger partial charge on any atom is 0.327 e. The molecule has 1 aromatic heterocycles. The summed E-state index contributed by atoms with van der Waals surface area (Å²) >= 11 is 7.10. The lowest BCUT2D eigenvalue weighted by atomic mass is 9.88. The molecule has 144 valence electrons. The highest BCUT2D eigenvalue weighted by molar-refractivity contribution is 7.15. The molecule has 11 heteroatoms. The van der Waals surface area contributed by atoms with E-state index in [2.05, 4.69) is 4.98 Å². The first-order valence-electron chi connectivity index (χ1n) is 8.41. The Morgan fingerprint density at radius 1 is 1.32 bits per heavy atom. The third-order valence-corrected chi connectivity index (χ3v) is 6.63. The molecule has 0 amide bonds. The first-order chi connectivity index (χ1) is 13.3. The summed E-state index contributed by atoms with van der Waals surface area (Å²) in [7, 11) is 0. The van der Waals surface area contributed by atoms with Gasteiger partial charge in [0.25, 0.3) is 0 Å². The Balaban J connectivity index is 1.71. The van der Waals surface area contributed by atoms with Crippen molar-refractivity contribution in [2.75, 3.05) is 13.1 Å². The minimum absolute atomic E-state index is 0.0388. The molecule has 5 rings (SSSR count). The van der Waals surface area contributed by atoms with Crippen molar-refractivity contribution in [2.24, 2.45) is 0 Å². The summed E-state index contributed by atoms with van der Waals surface area (Å²) in [4.78, 5) is 32.0. The van der Waals surface area contributed by atoms with Gasteiger partial charge in [-0.25, -0.2) is 4.98 Å². The van der Waals surface area contributed by atoms with Crippen molar-refractivity contribution in [1.82, 2.24) is 14.8 Å². The number of rotatable bonds is 3. The molecular formula is C17H13ClN4O5S. The quantitative estimate of drug-likeness (QED) is 0.560. The van der Waals surface area contributed by atoms with E-state index in [0.29, 0.717) is 11.0 Å². The molecule has 1 saturated heterocycles. The zero-order valence-electron chi connectivity index (χ0n) is 14.2. The molecule has 1 aliphatic carbocycles. The van der Waals surface area contributed by atoms with Gasteiger partial charge in [-0.05, 0) is 0 Å². The largest absolute Gasteiger partial charge is 0.370 e. The van der Waals surface area contributed by atoms with E-state index in [0.717, 1.165) is 4.88 Å². The van der Waals surface area contributed by atoms with Crippen LogP contribution >= 0.6 is 22.9 Å². The fourth-order valence-electron chi connectivity index (χ4n) is 4.42. The van der Waals surface area contributed by atoms with Crippen molar-refractivity contribution in [3.05, 3.63) is 72.6 Å². The molecule has 28 heavy (non-hydrogen) atoms. The molecule has 0 radical (unpaired) electrons. The lowest BCUT2D eigenvalue weighted by molar-refractivity contribution is -0.450. The maximum absolute atomic E-state index is 13.0. The molecule has 3 heterocycles. The molecule has 2 N–H and O–H groups in total. The van der Waals surface area contributed by atoms with Crippen molar-refractivity contribution in [3.63, 3.8) is 0 Å². The summed E-state index contributed by atoms with van der Waals surface area (Å²) in [5.74, 6) is -0.704. The van der Waals surface area contributed by atoms with Gasteiger partial charge in [-0.3, -0.25) is 14.9 Å². The van der Waals surface area contributed by atoms with Gasteiger partial charge < -0.3 is 20.0 Å². The van der Waals surface area contributed by atoms with E-state index >= 15 is 0 Å². The molecule has 2 atom stereocenters. The number of aliphatic hydroxyl groups is 2. The molecule has 0 saturated carbocycles. The van der Waals surface area contributed by atoms with Crippen molar-refractivity contribution in [1.29, 1.82) is 0 Å². The topological polar surface area (TPSA) is 120 Å². The summed E-state index contributed by atoms with van der Waals surface area (Å²) in [6, 6.07) is 6.05.